The molecule has 0 saturated carbocycles. The van der Waals surface area contributed by atoms with Gasteiger partial charge in [-0.2, -0.15) is 0 Å². The highest BCUT2D eigenvalue weighted by Crippen LogP contribution is 2.24. The lowest BCUT2D eigenvalue weighted by Crippen LogP contribution is -2.09. The van der Waals surface area contributed by atoms with E-state index in [1.807, 2.05) is 30.3 Å². The molecule has 0 aliphatic carbocycles. The van der Waals surface area contributed by atoms with Gasteiger partial charge in [0.05, 0.1) is 0 Å². The van der Waals surface area contributed by atoms with Crippen molar-refractivity contribution in [1.29, 1.82) is 0 Å². The molecule has 0 fully saturated rings. The van der Waals surface area contributed by atoms with Crippen LogP contribution in [0.2, 0.25) is 0 Å². The first-order valence-corrected chi connectivity index (χ1v) is 7.85. The van der Waals surface area contributed by atoms with Crippen LogP contribution in [0.5, 0.6) is 5.75 Å². The highest BCUT2D eigenvalue weighted by molar-refractivity contribution is 7.13. The third-order valence-corrected chi connectivity index (χ3v) is 4.08. The summed E-state index contributed by atoms with van der Waals surface area (Å²) in [5, 5.41) is 2.43. The summed E-state index contributed by atoms with van der Waals surface area (Å²) in [5.41, 5.74) is 1.70. The van der Waals surface area contributed by atoms with Crippen molar-refractivity contribution >= 4 is 23.1 Å². The number of ketones is 1. The van der Waals surface area contributed by atoms with Gasteiger partial charge >= 0.3 is 5.97 Å². The fourth-order valence-corrected chi connectivity index (χ4v) is 2.81. The molecule has 0 unspecified atom stereocenters. The van der Waals surface area contributed by atoms with E-state index in [4.69, 9.17) is 4.74 Å². The average molecular weight is 323 g/mol. The van der Waals surface area contributed by atoms with Crippen molar-refractivity contribution in [1.82, 2.24) is 4.98 Å². The number of esters is 1. The maximum absolute atomic E-state index is 12.2. The van der Waals surface area contributed by atoms with Crippen LogP contribution in [0.4, 0.5) is 0 Å². The molecule has 114 valence electrons. The molecule has 0 aliphatic heterocycles. The molecule has 0 bridgehead atoms. The topological polar surface area (TPSA) is 56.3 Å². The molecule has 0 amide bonds. The normalized spacial score (nSPS) is 10.3. The second-order valence-corrected chi connectivity index (χ2v) is 5.74. The van der Waals surface area contributed by atoms with E-state index < -0.39 is 5.97 Å². The molecular formula is C18H13NO3S. The van der Waals surface area contributed by atoms with Gasteiger partial charge in [-0.15, -0.1) is 11.3 Å². The molecular weight excluding hydrogens is 310 g/mol. The minimum absolute atomic E-state index is 0.0806. The van der Waals surface area contributed by atoms with Gasteiger partial charge in [0.25, 0.3) is 0 Å². The molecule has 2 aromatic carbocycles. The number of carbonyl (C=O) groups is 2. The Morgan fingerprint density at radius 2 is 1.83 bits per heavy atom. The second kappa shape index (κ2) is 6.54. The predicted octanol–water partition coefficient (Wildman–Crippen LogP) is 4.23. The number of ether oxygens (including phenoxy) is 1. The first-order valence-electron chi connectivity index (χ1n) is 6.97. The Kier molecular flexibility index (Phi) is 4.30. The van der Waals surface area contributed by atoms with Crippen molar-refractivity contribution in [2.24, 2.45) is 0 Å². The van der Waals surface area contributed by atoms with Crippen molar-refractivity contribution in [2.45, 2.75) is 6.92 Å². The quantitative estimate of drug-likeness (QED) is 0.409. The Bertz CT molecular complexity index is 855. The average Bonchev–Trinajstić information content (AvgIpc) is 3.06. The van der Waals surface area contributed by atoms with E-state index >= 15 is 0 Å². The number of rotatable bonds is 4. The van der Waals surface area contributed by atoms with Crippen molar-refractivity contribution in [3.05, 3.63) is 71.2 Å². The van der Waals surface area contributed by atoms with E-state index in [0.717, 1.165) is 10.6 Å². The highest BCUT2D eigenvalue weighted by atomic mass is 32.1. The van der Waals surface area contributed by atoms with E-state index in [1.54, 1.807) is 29.6 Å². The molecule has 0 radical (unpaired) electrons. The standard InChI is InChI=1S/C18H13NO3S/c1-12(20)14-8-5-9-15(10-14)22-18(21)16-11-23-17(19-16)13-6-3-2-4-7-13/h2-11H,1H3. The van der Waals surface area contributed by atoms with Crippen molar-refractivity contribution < 1.29 is 14.3 Å². The fraction of sp³-hybridized carbons (Fsp3) is 0.0556. The SMILES string of the molecule is CC(=O)c1cccc(OC(=O)c2csc(-c3ccccc3)n2)c1. The zero-order chi connectivity index (χ0) is 16.2. The van der Waals surface area contributed by atoms with Crippen LogP contribution in [0, 0.1) is 0 Å². The molecule has 1 aromatic heterocycles. The Labute approximate surface area is 137 Å². The molecule has 0 N–H and O–H groups in total. The van der Waals surface area contributed by atoms with Gasteiger partial charge in [-0.3, -0.25) is 4.79 Å². The van der Waals surface area contributed by atoms with Crippen LogP contribution >= 0.6 is 11.3 Å². The first-order chi connectivity index (χ1) is 11.1. The Morgan fingerprint density at radius 1 is 1.04 bits per heavy atom. The van der Waals surface area contributed by atoms with Crippen LogP contribution in [0.1, 0.15) is 27.8 Å². The fourth-order valence-electron chi connectivity index (χ4n) is 2.02. The van der Waals surface area contributed by atoms with Gasteiger partial charge in [0.2, 0.25) is 0 Å². The van der Waals surface area contributed by atoms with Crippen molar-refractivity contribution in [3.8, 4) is 16.3 Å². The summed E-state index contributed by atoms with van der Waals surface area (Å²) in [6, 6.07) is 16.2. The Balaban J connectivity index is 1.78. The summed E-state index contributed by atoms with van der Waals surface area (Å²) in [4.78, 5) is 27.9. The molecule has 23 heavy (non-hydrogen) atoms. The third kappa shape index (κ3) is 3.52. The maximum atomic E-state index is 12.2. The summed E-state index contributed by atoms with van der Waals surface area (Å²) in [5.74, 6) is -0.288. The molecule has 0 spiro atoms. The maximum Gasteiger partial charge on any atom is 0.363 e. The molecule has 3 rings (SSSR count). The number of Topliss-reactive ketones (excluding diaryl/α,β-unsaturated/α-hetero) is 1. The zero-order valence-corrected chi connectivity index (χ0v) is 13.2. The van der Waals surface area contributed by atoms with Gasteiger partial charge in [-0.25, -0.2) is 9.78 Å². The van der Waals surface area contributed by atoms with Crippen molar-refractivity contribution in [2.75, 3.05) is 0 Å². The monoisotopic (exact) mass is 323 g/mol. The molecule has 4 nitrogen and oxygen atoms in total. The molecule has 0 atom stereocenters. The lowest BCUT2D eigenvalue weighted by molar-refractivity contribution is 0.0728. The number of benzene rings is 2. The highest BCUT2D eigenvalue weighted by Gasteiger charge is 2.14. The number of nitrogens with zero attached hydrogens (tertiary/aromatic N) is 1. The molecule has 0 aliphatic rings. The first kappa shape index (κ1) is 15.1. The number of thiazole rings is 1. The summed E-state index contributed by atoms with van der Waals surface area (Å²) in [6.07, 6.45) is 0. The summed E-state index contributed by atoms with van der Waals surface area (Å²) >= 11 is 1.38. The summed E-state index contributed by atoms with van der Waals surface area (Å²) in [7, 11) is 0. The van der Waals surface area contributed by atoms with Crippen LogP contribution < -0.4 is 4.74 Å². The van der Waals surface area contributed by atoms with Crippen molar-refractivity contribution in [3.63, 3.8) is 0 Å². The lowest BCUT2D eigenvalue weighted by atomic mass is 10.1. The molecule has 1 heterocycles. The second-order valence-electron chi connectivity index (χ2n) is 4.88. The third-order valence-electron chi connectivity index (χ3n) is 3.19. The van der Waals surface area contributed by atoms with Gasteiger partial charge in [-0.05, 0) is 19.1 Å². The predicted molar refractivity (Wildman–Crippen MR) is 89.0 cm³/mol. The van der Waals surface area contributed by atoms with Crippen LogP contribution in [0.25, 0.3) is 10.6 Å². The van der Waals surface area contributed by atoms with Crippen LogP contribution in [-0.4, -0.2) is 16.7 Å². The molecule has 5 heteroatoms. The summed E-state index contributed by atoms with van der Waals surface area (Å²) < 4.78 is 5.29. The molecule has 3 aromatic rings. The van der Waals surface area contributed by atoms with Crippen LogP contribution in [0.15, 0.2) is 60.0 Å². The molecule has 0 saturated heterocycles. The van der Waals surface area contributed by atoms with E-state index in [9.17, 15) is 9.59 Å². The van der Waals surface area contributed by atoms with Gasteiger partial charge in [0, 0.05) is 16.5 Å². The van der Waals surface area contributed by atoms with Crippen LogP contribution in [0.3, 0.4) is 0 Å². The number of aromatic nitrogens is 1. The van der Waals surface area contributed by atoms with E-state index in [-0.39, 0.29) is 11.5 Å². The van der Waals surface area contributed by atoms with Crippen LogP contribution in [-0.2, 0) is 0 Å². The van der Waals surface area contributed by atoms with E-state index in [2.05, 4.69) is 4.98 Å². The lowest BCUT2D eigenvalue weighted by Gasteiger charge is -2.03. The number of hydrogen-bond acceptors (Lipinski definition) is 5. The minimum Gasteiger partial charge on any atom is -0.422 e. The Hall–Kier alpha value is -2.79. The van der Waals surface area contributed by atoms with E-state index in [0.29, 0.717) is 11.3 Å². The zero-order valence-electron chi connectivity index (χ0n) is 12.4. The Morgan fingerprint density at radius 3 is 2.57 bits per heavy atom. The summed E-state index contributed by atoms with van der Waals surface area (Å²) in [6.45, 7) is 1.47. The largest absolute Gasteiger partial charge is 0.422 e. The van der Waals surface area contributed by atoms with E-state index in [1.165, 1.54) is 18.3 Å². The van der Waals surface area contributed by atoms with Gasteiger partial charge in [0.1, 0.15) is 10.8 Å². The number of carbonyl (C=O) groups excluding carboxylic acids is 2. The number of hydrogen-bond donors (Lipinski definition) is 0. The van der Waals surface area contributed by atoms with Gasteiger partial charge < -0.3 is 4.74 Å². The minimum atomic E-state index is -0.538. The smallest absolute Gasteiger partial charge is 0.363 e. The van der Waals surface area contributed by atoms with Gasteiger partial charge in [-0.1, -0.05) is 42.5 Å². The van der Waals surface area contributed by atoms with Gasteiger partial charge in [0.15, 0.2) is 11.5 Å².